The van der Waals surface area contributed by atoms with Crippen LogP contribution in [-0.2, 0) is 54.9 Å². The van der Waals surface area contributed by atoms with Crippen LogP contribution in [0.1, 0.15) is 88.0 Å². The standard InChI is InChI=1S/C53H70N6O11/c1-53(2,3)70-49(62)56-32-18-19-34-58(51(64)68-40-44-26-12-6-13-27-44)36-21-37-59(52(65)69-41-45-28-14-7-15-29-45)35-20-33-54-47(60)46(57-50(63)67-39-43-24-10-5-11-25-43)30-16-17-31-55-48(61)66-38-42-22-8-4-9-23-42/h4-15,22-29,46H,16-21,30-41H2,1-3H3,(H,54,60)(H,55,61)(H,56,62)(H,57,63)/t46-/m0/s1. The number of carbonyl (C=O) groups is 6. The average Bonchev–Trinajstić information content (AvgIpc) is 3.36. The highest BCUT2D eigenvalue weighted by atomic mass is 16.6. The van der Waals surface area contributed by atoms with E-state index in [1.54, 1.807) is 30.6 Å². The van der Waals surface area contributed by atoms with E-state index in [2.05, 4.69) is 21.3 Å². The Morgan fingerprint density at radius 3 is 1.30 bits per heavy atom. The summed E-state index contributed by atoms with van der Waals surface area (Å²) in [5.41, 5.74) is 2.69. The van der Waals surface area contributed by atoms with Gasteiger partial charge in [0, 0.05) is 45.8 Å². The minimum atomic E-state index is -0.944. The summed E-state index contributed by atoms with van der Waals surface area (Å²) in [4.78, 5) is 81.0. The third-order valence-corrected chi connectivity index (χ3v) is 10.4. The maximum absolute atomic E-state index is 13.6. The summed E-state index contributed by atoms with van der Waals surface area (Å²) in [6, 6.07) is 36.2. The molecular formula is C53H70N6O11. The first-order valence-electron chi connectivity index (χ1n) is 23.9. The first-order chi connectivity index (χ1) is 33.8. The van der Waals surface area contributed by atoms with Gasteiger partial charge >= 0.3 is 30.5 Å². The Hall–Kier alpha value is -7.30. The molecule has 4 rings (SSSR count). The van der Waals surface area contributed by atoms with E-state index in [0.29, 0.717) is 58.2 Å². The third-order valence-electron chi connectivity index (χ3n) is 10.4. The maximum Gasteiger partial charge on any atom is 0.410 e. The second-order valence-electron chi connectivity index (χ2n) is 17.4. The van der Waals surface area contributed by atoms with E-state index in [1.165, 1.54) is 0 Å². The molecule has 0 radical (unpaired) electrons. The zero-order chi connectivity index (χ0) is 50.2. The van der Waals surface area contributed by atoms with E-state index in [4.69, 9.17) is 23.7 Å². The lowest BCUT2D eigenvalue weighted by atomic mass is 10.1. The molecule has 6 amide bonds. The summed E-state index contributed by atoms with van der Waals surface area (Å²) < 4.78 is 27.4. The van der Waals surface area contributed by atoms with Crippen LogP contribution in [0.15, 0.2) is 121 Å². The summed E-state index contributed by atoms with van der Waals surface area (Å²) in [6.07, 6.45) is 0.259. The lowest BCUT2D eigenvalue weighted by Crippen LogP contribution is -2.47. The highest BCUT2D eigenvalue weighted by Gasteiger charge is 2.23. The monoisotopic (exact) mass is 967 g/mol. The summed E-state index contributed by atoms with van der Waals surface area (Å²) in [7, 11) is 0. The van der Waals surface area contributed by atoms with Crippen LogP contribution >= 0.6 is 0 Å². The fourth-order valence-electron chi connectivity index (χ4n) is 6.81. The number of hydrogen-bond acceptors (Lipinski definition) is 11. The van der Waals surface area contributed by atoms with E-state index in [1.807, 2.05) is 121 Å². The van der Waals surface area contributed by atoms with E-state index < -0.39 is 48.0 Å². The number of benzene rings is 4. The van der Waals surface area contributed by atoms with Gasteiger partial charge in [0.15, 0.2) is 0 Å². The number of amides is 6. The van der Waals surface area contributed by atoms with Crippen molar-refractivity contribution in [3.8, 4) is 0 Å². The number of nitrogens with one attached hydrogen (secondary N) is 4. The van der Waals surface area contributed by atoms with Crippen LogP contribution in [0.3, 0.4) is 0 Å². The number of ether oxygens (including phenoxy) is 5. The molecule has 0 fully saturated rings. The largest absolute Gasteiger partial charge is 0.445 e. The highest BCUT2D eigenvalue weighted by Crippen LogP contribution is 2.11. The van der Waals surface area contributed by atoms with Crippen molar-refractivity contribution in [2.45, 2.75) is 104 Å². The van der Waals surface area contributed by atoms with Gasteiger partial charge in [0.2, 0.25) is 5.91 Å². The summed E-state index contributed by atoms with van der Waals surface area (Å²) >= 11 is 0. The molecule has 0 aliphatic heterocycles. The number of rotatable bonds is 28. The molecule has 0 spiro atoms. The van der Waals surface area contributed by atoms with Gasteiger partial charge in [-0.2, -0.15) is 0 Å². The van der Waals surface area contributed by atoms with Crippen LogP contribution in [-0.4, -0.2) is 104 Å². The maximum atomic E-state index is 13.6. The average molecular weight is 967 g/mol. The SMILES string of the molecule is CC(C)(C)OC(=O)NCCCCN(CCCN(CCCNC(=O)[C@H](CCCCNC(=O)OCc1ccccc1)NC(=O)OCc1ccccc1)C(=O)OCc1ccccc1)C(=O)OCc1ccccc1. The zero-order valence-corrected chi connectivity index (χ0v) is 40.7. The topological polar surface area (TPSA) is 203 Å². The number of nitrogens with zero attached hydrogens (tertiary/aromatic N) is 2. The van der Waals surface area contributed by atoms with Crippen LogP contribution in [0.25, 0.3) is 0 Å². The Morgan fingerprint density at radius 2 is 0.829 bits per heavy atom. The lowest BCUT2D eigenvalue weighted by molar-refractivity contribution is -0.123. The smallest absolute Gasteiger partial charge is 0.410 e. The number of carbonyl (C=O) groups excluding carboxylic acids is 6. The fraction of sp³-hybridized carbons (Fsp3) is 0.434. The molecule has 4 aromatic rings. The molecule has 0 heterocycles. The van der Waals surface area contributed by atoms with Crippen molar-refractivity contribution in [3.63, 3.8) is 0 Å². The Balaban J connectivity index is 1.32. The molecule has 0 bridgehead atoms. The van der Waals surface area contributed by atoms with Gasteiger partial charge in [-0.15, -0.1) is 0 Å². The van der Waals surface area contributed by atoms with Crippen molar-refractivity contribution in [1.29, 1.82) is 0 Å². The van der Waals surface area contributed by atoms with Crippen molar-refractivity contribution in [1.82, 2.24) is 31.1 Å². The van der Waals surface area contributed by atoms with Gasteiger partial charge in [-0.1, -0.05) is 121 Å². The van der Waals surface area contributed by atoms with Gasteiger partial charge in [0.05, 0.1) is 0 Å². The molecule has 4 aromatic carbocycles. The normalized spacial score (nSPS) is 11.2. The van der Waals surface area contributed by atoms with E-state index in [9.17, 15) is 28.8 Å². The Kier molecular flexibility index (Phi) is 25.0. The van der Waals surface area contributed by atoms with Gasteiger partial charge < -0.3 is 54.8 Å². The zero-order valence-electron chi connectivity index (χ0n) is 40.7. The molecule has 17 heteroatoms. The van der Waals surface area contributed by atoms with Crippen LogP contribution in [0.4, 0.5) is 24.0 Å². The van der Waals surface area contributed by atoms with E-state index in [0.717, 1.165) is 22.3 Å². The van der Waals surface area contributed by atoms with Crippen molar-refractivity contribution < 1.29 is 52.5 Å². The predicted octanol–water partition coefficient (Wildman–Crippen LogP) is 8.86. The first kappa shape index (κ1) is 55.3. The van der Waals surface area contributed by atoms with Crippen LogP contribution in [0.5, 0.6) is 0 Å². The molecule has 70 heavy (non-hydrogen) atoms. The summed E-state index contributed by atoms with van der Waals surface area (Å²) in [6.45, 7) is 7.57. The first-order valence-corrected chi connectivity index (χ1v) is 23.9. The summed E-state index contributed by atoms with van der Waals surface area (Å²) in [5.74, 6) is -0.434. The lowest BCUT2D eigenvalue weighted by Gasteiger charge is -2.26. The van der Waals surface area contributed by atoms with Crippen LogP contribution in [0.2, 0.25) is 0 Å². The Labute approximate surface area is 411 Å². The Bertz CT molecular complexity index is 2140. The van der Waals surface area contributed by atoms with Crippen molar-refractivity contribution in [3.05, 3.63) is 144 Å². The number of alkyl carbamates (subject to hydrolysis) is 3. The van der Waals surface area contributed by atoms with Crippen LogP contribution in [0, 0.1) is 0 Å². The van der Waals surface area contributed by atoms with Gasteiger partial charge in [-0.25, -0.2) is 24.0 Å². The fourth-order valence-corrected chi connectivity index (χ4v) is 6.81. The molecule has 0 aliphatic carbocycles. The third kappa shape index (κ3) is 24.1. The second kappa shape index (κ2) is 31.7. The number of hydrogen-bond donors (Lipinski definition) is 4. The van der Waals surface area contributed by atoms with E-state index in [-0.39, 0.29) is 59.0 Å². The van der Waals surface area contributed by atoms with E-state index >= 15 is 0 Å². The Morgan fingerprint density at radius 1 is 0.443 bits per heavy atom. The van der Waals surface area contributed by atoms with Gasteiger partial charge in [0.1, 0.15) is 38.1 Å². The predicted molar refractivity (Wildman–Crippen MR) is 264 cm³/mol. The molecule has 0 saturated carbocycles. The van der Waals surface area contributed by atoms with Gasteiger partial charge in [-0.05, 0) is 88.0 Å². The molecule has 1 atom stereocenters. The molecule has 4 N–H and O–H groups in total. The van der Waals surface area contributed by atoms with Crippen molar-refractivity contribution in [2.75, 3.05) is 45.8 Å². The molecule has 0 saturated heterocycles. The molecule has 378 valence electrons. The van der Waals surface area contributed by atoms with Crippen molar-refractivity contribution in [2.24, 2.45) is 0 Å². The summed E-state index contributed by atoms with van der Waals surface area (Å²) in [5, 5.41) is 11.0. The molecule has 0 aromatic heterocycles. The van der Waals surface area contributed by atoms with Crippen LogP contribution < -0.4 is 21.3 Å². The molecule has 0 unspecified atom stereocenters. The number of unbranched alkanes of at least 4 members (excludes halogenated alkanes) is 2. The highest BCUT2D eigenvalue weighted by molar-refractivity contribution is 5.85. The molecular weight excluding hydrogens is 897 g/mol. The quantitative estimate of drug-likeness (QED) is 0.0313. The molecule has 17 nitrogen and oxygen atoms in total. The van der Waals surface area contributed by atoms with Crippen molar-refractivity contribution >= 4 is 36.4 Å². The minimum absolute atomic E-state index is 0.0200. The second-order valence-corrected chi connectivity index (χ2v) is 17.4. The van der Waals surface area contributed by atoms with Gasteiger partial charge in [-0.3, -0.25) is 4.79 Å². The van der Waals surface area contributed by atoms with Gasteiger partial charge in [0.25, 0.3) is 0 Å². The minimum Gasteiger partial charge on any atom is -0.445 e. The molecule has 0 aliphatic rings.